The van der Waals surface area contributed by atoms with Crippen LogP contribution in [0.25, 0.3) is 0 Å². The van der Waals surface area contributed by atoms with Gasteiger partial charge in [-0.25, -0.2) is 0 Å². The lowest BCUT2D eigenvalue weighted by atomic mass is 9.85. The van der Waals surface area contributed by atoms with E-state index in [0.29, 0.717) is 12.0 Å². The van der Waals surface area contributed by atoms with Crippen LogP contribution in [-0.4, -0.2) is 50.1 Å². The summed E-state index contributed by atoms with van der Waals surface area (Å²) in [5.41, 5.74) is 6.21. The average Bonchev–Trinajstić information content (AvgIpc) is 2.68. The molecule has 0 spiro atoms. The second-order valence-corrected chi connectivity index (χ2v) is 8.22. The third kappa shape index (κ3) is 3.79. The van der Waals surface area contributed by atoms with Crippen LogP contribution in [0.3, 0.4) is 0 Å². The fourth-order valence-electron chi connectivity index (χ4n) is 4.35. The van der Waals surface area contributed by atoms with Gasteiger partial charge in [0.25, 0.3) is 0 Å². The van der Waals surface area contributed by atoms with Crippen LogP contribution in [0.15, 0.2) is 30.3 Å². The van der Waals surface area contributed by atoms with Crippen LogP contribution in [0.1, 0.15) is 52.8 Å². The van der Waals surface area contributed by atoms with Crippen molar-refractivity contribution in [3.05, 3.63) is 63.7 Å². The Morgan fingerprint density at radius 2 is 1.83 bits per heavy atom. The van der Waals surface area contributed by atoms with E-state index in [1.54, 1.807) is 12.1 Å². The molecule has 2 aliphatic rings. The molecule has 1 aliphatic heterocycles. The van der Waals surface area contributed by atoms with Crippen molar-refractivity contribution in [2.75, 3.05) is 6.61 Å². The molecule has 4 atom stereocenters. The SMILES string of the molecule is CCc1cc(O)c([C@@H]2O[C@@](O)(CO)C[C@@H](O)[C@H]2O)cc1Cc1ccc2c(c1)CC2. The summed E-state index contributed by atoms with van der Waals surface area (Å²) < 4.78 is 5.53. The zero-order valence-corrected chi connectivity index (χ0v) is 16.5. The van der Waals surface area contributed by atoms with E-state index in [1.165, 1.54) is 16.7 Å². The fourth-order valence-corrected chi connectivity index (χ4v) is 4.35. The van der Waals surface area contributed by atoms with Gasteiger partial charge in [0.1, 0.15) is 18.0 Å². The minimum atomic E-state index is -1.97. The Labute approximate surface area is 170 Å². The number of phenols is 1. The highest BCUT2D eigenvalue weighted by atomic mass is 16.7. The number of ether oxygens (including phenoxy) is 1. The largest absolute Gasteiger partial charge is 0.508 e. The number of rotatable bonds is 5. The van der Waals surface area contributed by atoms with Crippen LogP contribution in [-0.2, 0) is 30.4 Å². The molecule has 0 bridgehead atoms. The second-order valence-electron chi connectivity index (χ2n) is 8.22. The van der Waals surface area contributed by atoms with Crippen LogP contribution in [0.5, 0.6) is 5.75 Å². The van der Waals surface area contributed by atoms with E-state index in [9.17, 15) is 25.5 Å². The van der Waals surface area contributed by atoms with Crippen LogP contribution in [0.2, 0.25) is 0 Å². The molecule has 0 radical (unpaired) electrons. The first-order valence-corrected chi connectivity index (χ1v) is 10.2. The van der Waals surface area contributed by atoms with Crippen molar-refractivity contribution in [2.24, 2.45) is 0 Å². The van der Waals surface area contributed by atoms with Gasteiger partial charge in [0.2, 0.25) is 0 Å². The molecule has 0 unspecified atom stereocenters. The van der Waals surface area contributed by atoms with Crippen molar-refractivity contribution in [3.63, 3.8) is 0 Å². The Balaban J connectivity index is 1.70. The van der Waals surface area contributed by atoms with Crippen LogP contribution >= 0.6 is 0 Å². The molecule has 0 amide bonds. The van der Waals surface area contributed by atoms with Crippen molar-refractivity contribution in [1.82, 2.24) is 0 Å². The maximum atomic E-state index is 10.6. The molecule has 156 valence electrons. The zero-order valence-electron chi connectivity index (χ0n) is 16.5. The Hall–Kier alpha value is -1.96. The third-order valence-electron chi connectivity index (χ3n) is 6.19. The topological polar surface area (TPSA) is 110 Å². The lowest BCUT2D eigenvalue weighted by molar-refractivity contribution is -0.314. The number of aliphatic hydroxyl groups excluding tert-OH is 3. The van der Waals surface area contributed by atoms with Gasteiger partial charge in [-0.05, 0) is 65.6 Å². The quantitative estimate of drug-likeness (QED) is 0.520. The number of benzene rings is 2. The first-order valence-electron chi connectivity index (χ1n) is 10.2. The molecule has 2 aromatic rings. The summed E-state index contributed by atoms with van der Waals surface area (Å²) in [4.78, 5) is 0. The van der Waals surface area contributed by atoms with Gasteiger partial charge in [0.05, 0.1) is 12.7 Å². The van der Waals surface area contributed by atoms with E-state index in [-0.39, 0.29) is 12.2 Å². The molecule has 6 heteroatoms. The average molecular weight is 400 g/mol. The predicted octanol–water partition coefficient (Wildman–Crippen LogP) is 1.51. The van der Waals surface area contributed by atoms with Crippen LogP contribution in [0, 0.1) is 0 Å². The highest BCUT2D eigenvalue weighted by molar-refractivity contribution is 5.47. The summed E-state index contributed by atoms with van der Waals surface area (Å²) in [6, 6.07) is 9.92. The van der Waals surface area contributed by atoms with Gasteiger partial charge in [-0.3, -0.25) is 0 Å². The van der Waals surface area contributed by atoms with E-state index in [2.05, 4.69) is 18.2 Å². The van der Waals surface area contributed by atoms with Crippen molar-refractivity contribution in [1.29, 1.82) is 0 Å². The molecule has 0 aromatic heterocycles. The van der Waals surface area contributed by atoms with Crippen LogP contribution in [0.4, 0.5) is 0 Å². The molecular formula is C23H28O6. The van der Waals surface area contributed by atoms with Crippen LogP contribution < -0.4 is 0 Å². The summed E-state index contributed by atoms with van der Waals surface area (Å²) in [5.74, 6) is -2.04. The van der Waals surface area contributed by atoms with Gasteiger partial charge < -0.3 is 30.3 Å². The van der Waals surface area contributed by atoms with Crippen molar-refractivity contribution >= 4 is 0 Å². The third-order valence-corrected chi connectivity index (χ3v) is 6.19. The van der Waals surface area contributed by atoms with E-state index in [1.807, 2.05) is 6.92 Å². The predicted molar refractivity (Wildman–Crippen MR) is 107 cm³/mol. The number of aryl methyl sites for hydroxylation is 3. The van der Waals surface area contributed by atoms with Gasteiger partial charge in [-0.15, -0.1) is 0 Å². The Morgan fingerprint density at radius 3 is 2.45 bits per heavy atom. The van der Waals surface area contributed by atoms with E-state index in [0.717, 1.165) is 30.4 Å². The molecule has 4 rings (SSSR count). The summed E-state index contributed by atoms with van der Waals surface area (Å²) in [6.07, 6.45) is -0.451. The van der Waals surface area contributed by atoms with Gasteiger partial charge in [-0.1, -0.05) is 25.1 Å². The molecule has 1 heterocycles. The van der Waals surface area contributed by atoms with E-state index in [4.69, 9.17) is 4.74 Å². The van der Waals surface area contributed by atoms with Gasteiger partial charge >= 0.3 is 0 Å². The monoisotopic (exact) mass is 400 g/mol. The lowest BCUT2D eigenvalue weighted by Gasteiger charge is -2.42. The minimum Gasteiger partial charge on any atom is -0.508 e. The normalized spacial score (nSPS) is 28.7. The van der Waals surface area contributed by atoms with Gasteiger partial charge in [0.15, 0.2) is 5.79 Å². The van der Waals surface area contributed by atoms with Crippen molar-refractivity contribution in [2.45, 2.75) is 63.1 Å². The number of hydrogen-bond donors (Lipinski definition) is 5. The number of aliphatic hydroxyl groups is 4. The second kappa shape index (κ2) is 7.70. The molecule has 1 saturated heterocycles. The van der Waals surface area contributed by atoms with E-state index < -0.39 is 30.7 Å². The number of phenolic OH excluding ortho intramolecular Hbond substituents is 1. The minimum absolute atomic E-state index is 0.0683. The maximum absolute atomic E-state index is 10.6. The first kappa shape index (κ1) is 20.3. The number of aromatic hydroxyl groups is 1. The maximum Gasteiger partial charge on any atom is 0.192 e. The van der Waals surface area contributed by atoms with Crippen molar-refractivity contribution < 1.29 is 30.3 Å². The van der Waals surface area contributed by atoms with Crippen molar-refractivity contribution in [3.8, 4) is 5.75 Å². The summed E-state index contributed by atoms with van der Waals surface area (Å²) in [5, 5.41) is 51.0. The molecular weight excluding hydrogens is 372 g/mol. The fraction of sp³-hybridized carbons (Fsp3) is 0.478. The lowest BCUT2D eigenvalue weighted by Crippen LogP contribution is -2.52. The Morgan fingerprint density at radius 1 is 1.07 bits per heavy atom. The first-order chi connectivity index (χ1) is 13.8. The standard InChI is InChI=1S/C23H28O6/c1-2-14-10-19(25)18(22-21(27)20(26)11-23(28,12-24)29-22)9-17(14)8-13-3-4-15-5-6-16(15)7-13/h3-4,7,9-10,20-22,24-28H,2,5-6,8,11-12H2,1H3/t20-,21-,22+,23-/m1/s1. The summed E-state index contributed by atoms with van der Waals surface area (Å²) in [6.45, 7) is 1.29. The number of fused-ring (bicyclic) bond motifs is 1. The zero-order chi connectivity index (χ0) is 20.8. The molecule has 1 fully saturated rings. The smallest absolute Gasteiger partial charge is 0.192 e. The molecule has 0 saturated carbocycles. The molecule has 5 N–H and O–H groups in total. The Kier molecular flexibility index (Phi) is 5.40. The molecule has 2 aromatic carbocycles. The van der Waals surface area contributed by atoms with Gasteiger partial charge in [0, 0.05) is 12.0 Å². The van der Waals surface area contributed by atoms with E-state index >= 15 is 0 Å². The number of hydrogen-bond acceptors (Lipinski definition) is 6. The Bertz CT molecular complexity index is 910. The molecule has 1 aliphatic carbocycles. The highest BCUT2D eigenvalue weighted by Crippen LogP contribution is 2.41. The summed E-state index contributed by atoms with van der Waals surface area (Å²) in [7, 11) is 0. The molecule has 6 nitrogen and oxygen atoms in total. The van der Waals surface area contributed by atoms with Gasteiger partial charge in [-0.2, -0.15) is 0 Å². The molecule has 29 heavy (non-hydrogen) atoms. The summed E-state index contributed by atoms with van der Waals surface area (Å²) >= 11 is 0. The highest BCUT2D eigenvalue weighted by Gasteiger charge is 2.46.